The van der Waals surface area contributed by atoms with E-state index in [-0.39, 0.29) is 12.2 Å². The largest absolute Gasteiger partial charge is 0.491 e. The Morgan fingerprint density at radius 2 is 1.17 bits per heavy atom. The van der Waals surface area contributed by atoms with Gasteiger partial charge in [0.15, 0.2) is 0 Å². The standard InChI is InChI=1S/C32H30O4/c1-21-14-24(25-9-12-31(22(2)15-25)35-19-27-17-33-27)8-11-29(21)26-10-13-32(36-20-28-18-34-28)30(16-26)23-6-4-3-5-7-23/h3-16,27-28H,17-20H2,1-2H3. The predicted molar refractivity (Wildman–Crippen MR) is 143 cm³/mol. The minimum atomic E-state index is 0.222. The zero-order valence-electron chi connectivity index (χ0n) is 20.7. The molecule has 36 heavy (non-hydrogen) atoms. The van der Waals surface area contributed by atoms with E-state index in [0.717, 1.165) is 41.4 Å². The van der Waals surface area contributed by atoms with Crippen LogP contribution in [0.2, 0.25) is 0 Å². The van der Waals surface area contributed by atoms with Crippen molar-refractivity contribution >= 4 is 0 Å². The number of epoxide rings is 2. The van der Waals surface area contributed by atoms with E-state index in [2.05, 4.69) is 92.7 Å². The monoisotopic (exact) mass is 478 g/mol. The number of rotatable bonds is 9. The van der Waals surface area contributed by atoms with Crippen molar-refractivity contribution < 1.29 is 18.9 Å². The lowest BCUT2D eigenvalue weighted by molar-refractivity contribution is 0.262. The van der Waals surface area contributed by atoms with Gasteiger partial charge >= 0.3 is 0 Å². The van der Waals surface area contributed by atoms with E-state index in [0.29, 0.717) is 13.2 Å². The molecule has 2 heterocycles. The van der Waals surface area contributed by atoms with Gasteiger partial charge in [-0.15, -0.1) is 0 Å². The van der Waals surface area contributed by atoms with Crippen LogP contribution < -0.4 is 9.47 Å². The van der Waals surface area contributed by atoms with Gasteiger partial charge in [-0.1, -0.05) is 60.7 Å². The average Bonchev–Trinajstić information content (AvgIpc) is 3.83. The molecule has 6 rings (SSSR count). The maximum absolute atomic E-state index is 6.13. The predicted octanol–water partition coefficient (Wildman–Crippen LogP) is 6.86. The molecular weight excluding hydrogens is 448 g/mol. The molecular formula is C32H30O4. The van der Waals surface area contributed by atoms with Crippen molar-refractivity contribution in [2.75, 3.05) is 26.4 Å². The van der Waals surface area contributed by atoms with Crippen LogP contribution in [0.5, 0.6) is 11.5 Å². The van der Waals surface area contributed by atoms with Crippen LogP contribution in [0.4, 0.5) is 0 Å². The van der Waals surface area contributed by atoms with E-state index in [4.69, 9.17) is 18.9 Å². The van der Waals surface area contributed by atoms with Crippen molar-refractivity contribution in [3.8, 4) is 44.9 Å². The Labute approximate surface area is 212 Å². The fourth-order valence-electron chi connectivity index (χ4n) is 4.52. The minimum absolute atomic E-state index is 0.222. The number of ether oxygens (including phenoxy) is 4. The van der Waals surface area contributed by atoms with Crippen molar-refractivity contribution in [1.82, 2.24) is 0 Å². The Morgan fingerprint density at radius 1 is 0.583 bits per heavy atom. The molecule has 2 aliphatic rings. The highest BCUT2D eigenvalue weighted by Crippen LogP contribution is 2.37. The van der Waals surface area contributed by atoms with Gasteiger partial charge in [0.05, 0.1) is 13.2 Å². The zero-order chi connectivity index (χ0) is 24.5. The molecule has 0 N–H and O–H groups in total. The third-order valence-corrected chi connectivity index (χ3v) is 6.76. The highest BCUT2D eigenvalue weighted by Gasteiger charge is 2.24. The summed E-state index contributed by atoms with van der Waals surface area (Å²) in [6, 6.07) is 30.0. The highest BCUT2D eigenvalue weighted by atomic mass is 16.6. The summed E-state index contributed by atoms with van der Waals surface area (Å²) in [7, 11) is 0. The molecule has 0 saturated carbocycles. The molecule has 2 aliphatic heterocycles. The Hall–Kier alpha value is -3.60. The molecule has 2 atom stereocenters. The Bertz CT molecular complexity index is 1370. The Balaban J connectivity index is 1.28. The minimum Gasteiger partial charge on any atom is -0.491 e. The molecule has 0 spiro atoms. The summed E-state index contributed by atoms with van der Waals surface area (Å²) in [5, 5.41) is 0. The molecule has 4 heteroatoms. The molecule has 182 valence electrons. The summed E-state index contributed by atoms with van der Waals surface area (Å²) in [6.45, 7) is 7.07. The lowest BCUT2D eigenvalue weighted by atomic mass is 9.93. The van der Waals surface area contributed by atoms with Crippen molar-refractivity contribution in [1.29, 1.82) is 0 Å². The highest BCUT2D eigenvalue weighted by molar-refractivity contribution is 5.80. The van der Waals surface area contributed by atoms with Crippen LogP contribution in [0.15, 0.2) is 84.9 Å². The van der Waals surface area contributed by atoms with E-state index in [1.807, 2.05) is 6.07 Å². The summed E-state index contributed by atoms with van der Waals surface area (Å²) in [5.41, 5.74) is 9.39. The van der Waals surface area contributed by atoms with Crippen LogP contribution in [-0.4, -0.2) is 38.6 Å². The lowest BCUT2D eigenvalue weighted by Gasteiger charge is -2.15. The van der Waals surface area contributed by atoms with E-state index in [1.54, 1.807) is 0 Å². The van der Waals surface area contributed by atoms with Gasteiger partial charge in [0.2, 0.25) is 0 Å². The van der Waals surface area contributed by atoms with E-state index >= 15 is 0 Å². The first kappa shape index (κ1) is 22.8. The fraction of sp³-hybridized carbons (Fsp3) is 0.250. The molecule has 0 amide bonds. The summed E-state index contributed by atoms with van der Waals surface area (Å²) >= 11 is 0. The van der Waals surface area contributed by atoms with Crippen LogP contribution >= 0.6 is 0 Å². The summed E-state index contributed by atoms with van der Waals surface area (Å²) in [6.07, 6.45) is 0.481. The topological polar surface area (TPSA) is 43.5 Å². The smallest absolute Gasteiger partial charge is 0.127 e. The lowest BCUT2D eigenvalue weighted by Crippen LogP contribution is -2.05. The quantitative estimate of drug-likeness (QED) is 0.247. The first-order valence-corrected chi connectivity index (χ1v) is 12.5. The molecule has 2 fully saturated rings. The first-order valence-electron chi connectivity index (χ1n) is 12.5. The molecule has 0 aromatic heterocycles. The third kappa shape index (κ3) is 5.15. The van der Waals surface area contributed by atoms with Crippen LogP contribution in [0.3, 0.4) is 0 Å². The summed E-state index contributed by atoms with van der Waals surface area (Å²) in [5.74, 6) is 1.81. The molecule has 4 aromatic carbocycles. The Morgan fingerprint density at radius 3 is 1.81 bits per heavy atom. The molecule has 0 bridgehead atoms. The normalized spacial score (nSPS) is 18.1. The van der Waals surface area contributed by atoms with Crippen molar-refractivity contribution in [2.24, 2.45) is 0 Å². The van der Waals surface area contributed by atoms with Gasteiger partial charge in [-0.25, -0.2) is 0 Å². The second kappa shape index (κ2) is 9.81. The van der Waals surface area contributed by atoms with Gasteiger partial charge in [0.1, 0.15) is 36.9 Å². The maximum Gasteiger partial charge on any atom is 0.127 e. The Kier molecular flexibility index (Phi) is 6.22. The molecule has 4 aromatic rings. The van der Waals surface area contributed by atoms with Crippen molar-refractivity contribution in [2.45, 2.75) is 26.1 Å². The number of hydrogen-bond acceptors (Lipinski definition) is 4. The zero-order valence-corrected chi connectivity index (χ0v) is 20.7. The number of benzene rings is 4. The molecule has 4 nitrogen and oxygen atoms in total. The van der Waals surface area contributed by atoms with Crippen molar-refractivity contribution in [3.63, 3.8) is 0 Å². The van der Waals surface area contributed by atoms with Gasteiger partial charge in [-0.3, -0.25) is 0 Å². The van der Waals surface area contributed by atoms with Gasteiger partial charge in [0, 0.05) is 5.56 Å². The molecule has 0 radical (unpaired) electrons. The summed E-state index contributed by atoms with van der Waals surface area (Å²) in [4.78, 5) is 0. The SMILES string of the molecule is Cc1cc(-c2ccc(-c3ccc(OCC4CO4)c(-c4ccccc4)c3)c(C)c2)ccc1OCC1CO1. The second-order valence-electron chi connectivity index (χ2n) is 9.62. The van der Waals surface area contributed by atoms with Gasteiger partial charge in [-0.05, 0) is 77.1 Å². The maximum atomic E-state index is 6.13. The fourth-order valence-corrected chi connectivity index (χ4v) is 4.52. The van der Waals surface area contributed by atoms with Crippen LogP contribution in [0.25, 0.3) is 33.4 Å². The average molecular weight is 479 g/mol. The second-order valence-corrected chi connectivity index (χ2v) is 9.62. The molecule has 2 unspecified atom stereocenters. The van der Waals surface area contributed by atoms with Crippen molar-refractivity contribution in [3.05, 3.63) is 96.1 Å². The third-order valence-electron chi connectivity index (χ3n) is 6.76. The van der Waals surface area contributed by atoms with Crippen LogP contribution in [0.1, 0.15) is 11.1 Å². The van der Waals surface area contributed by atoms with Gasteiger partial charge < -0.3 is 18.9 Å². The van der Waals surface area contributed by atoms with Gasteiger partial charge in [-0.2, -0.15) is 0 Å². The number of aryl methyl sites for hydroxylation is 2. The van der Waals surface area contributed by atoms with E-state index in [9.17, 15) is 0 Å². The van der Waals surface area contributed by atoms with Gasteiger partial charge in [0.25, 0.3) is 0 Å². The van der Waals surface area contributed by atoms with Crippen LogP contribution in [-0.2, 0) is 9.47 Å². The first-order chi connectivity index (χ1) is 17.6. The van der Waals surface area contributed by atoms with Crippen LogP contribution in [0, 0.1) is 13.8 Å². The molecule has 0 aliphatic carbocycles. The van der Waals surface area contributed by atoms with E-state index in [1.165, 1.54) is 27.8 Å². The number of hydrogen-bond donors (Lipinski definition) is 0. The summed E-state index contributed by atoms with van der Waals surface area (Å²) < 4.78 is 22.6. The van der Waals surface area contributed by atoms with E-state index < -0.39 is 0 Å². The molecule has 2 saturated heterocycles.